The van der Waals surface area contributed by atoms with Crippen LogP contribution in [0.25, 0.3) is 0 Å². The Balaban J connectivity index is 1.56. The van der Waals surface area contributed by atoms with Crippen molar-refractivity contribution in [2.45, 2.75) is 6.54 Å². The SMILES string of the molecule is Nc1cccc(CN2CCN(c3nccs3)CC2)n1. The average Bonchev–Trinajstić information content (AvgIpc) is 2.94. The summed E-state index contributed by atoms with van der Waals surface area (Å²) in [7, 11) is 0. The molecule has 0 aromatic carbocycles. The molecule has 0 atom stereocenters. The summed E-state index contributed by atoms with van der Waals surface area (Å²) in [5.41, 5.74) is 6.75. The van der Waals surface area contributed by atoms with E-state index in [0.29, 0.717) is 5.82 Å². The molecule has 100 valence electrons. The van der Waals surface area contributed by atoms with Crippen molar-refractivity contribution in [3.05, 3.63) is 35.5 Å². The molecule has 0 amide bonds. The van der Waals surface area contributed by atoms with Gasteiger partial charge in [0.2, 0.25) is 0 Å². The third-order valence-corrected chi connectivity index (χ3v) is 4.11. The minimum atomic E-state index is 0.596. The van der Waals surface area contributed by atoms with E-state index >= 15 is 0 Å². The van der Waals surface area contributed by atoms with Gasteiger partial charge in [-0.3, -0.25) is 4.90 Å². The Morgan fingerprint density at radius 1 is 1.21 bits per heavy atom. The molecule has 0 aliphatic carbocycles. The molecule has 0 radical (unpaired) electrons. The normalized spacial score (nSPS) is 16.7. The summed E-state index contributed by atoms with van der Waals surface area (Å²) in [4.78, 5) is 13.5. The van der Waals surface area contributed by atoms with Crippen molar-refractivity contribution in [2.75, 3.05) is 36.8 Å². The Morgan fingerprint density at radius 2 is 2.05 bits per heavy atom. The maximum Gasteiger partial charge on any atom is 0.185 e. The first kappa shape index (κ1) is 12.4. The number of rotatable bonds is 3. The van der Waals surface area contributed by atoms with Crippen LogP contribution in [-0.2, 0) is 6.54 Å². The highest BCUT2D eigenvalue weighted by atomic mass is 32.1. The molecule has 1 aliphatic heterocycles. The van der Waals surface area contributed by atoms with Gasteiger partial charge in [0.05, 0.1) is 5.69 Å². The third-order valence-electron chi connectivity index (χ3n) is 3.28. The fourth-order valence-corrected chi connectivity index (χ4v) is 2.98. The predicted molar refractivity (Wildman–Crippen MR) is 78.3 cm³/mol. The van der Waals surface area contributed by atoms with E-state index in [9.17, 15) is 0 Å². The molecule has 19 heavy (non-hydrogen) atoms. The summed E-state index contributed by atoms with van der Waals surface area (Å²) in [5, 5.41) is 3.15. The first-order chi connectivity index (χ1) is 9.31. The highest BCUT2D eigenvalue weighted by Crippen LogP contribution is 2.19. The molecule has 1 saturated heterocycles. The van der Waals surface area contributed by atoms with Crippen LogP contribution in [0.4, 0.5) is 10.9 Å². The van der Waals surface area contributed by atoms with Crippen LogP contribution in [0, 0.1) is 0 Å². The van der Waals surface area contributed by atoms with Gasteiger partial charge in [0.1, 0.15) is 5.82 Å². The van der Waals surface area contributed by atoms with E-state index in [-0.39, 0.29) is 0 Å². The number of hydrogen-bond acceptors (Lipinski definition) is 6. The second-order valence-electron chi connectivity index (χ2n) is 4.63. The maximum absolute atomic E-state index is 5.71. The highest BCUT2D eigenvalue weighted by molar-refractivity contribution is 7.13. The van der Waals surface area contributed by atoms with E-state index in [0.717, 1.165) is 43.5 Å². The average molecular weight is 275 g/mol. The number of nitrogens with two attached hydrogens (primary N) is 1. The van der Waals surface area contributed by atoms with Crippen molar-refractivity contribution in [1.29, 1.82) is 0 Å². The lowest BCUT2D eigenvalue weighted by atomic mass is 10.3. The topological polar surface area (TPSA) is 58.3 Å². The van der Waals surface area contributed by atoms with Crippen molar-refractivity contribution in [3.8, 4) is 0 Å². The number of thiazole rings is 1. The van der Waals surface area contributed by atoms with Crippen LogP contribution >= 0.6 is 11.3 Å². The van der Waals surface area contributed by atoms with Crippen molar-refractivity contribution in [3.63, 3.8) is 0 Å². The fraction of sp³-hybridized carbons (Fsp3) is 0.385. The molecule has 2 aromatic rings. The van der Waals surface area contributed by atoms with Crippen molar-refractivity contribution in [1.82, 2.24) is 14.9 Å². The molecule has 0 bridgehead atoms. The van der Waals surface area contributed by atoms with E-state index in [2.05, 4.69) is 19.8 Å². The first-order valence-electron chi connectivity index (χ1n) is 6.39. The predicted octanol–water partition coefficient (Wildman–Crippen LogP) is 1.44. The molecule has 5 nitrogen and oxygen atoms in total. The monoisotopic (exact) mass is 275 g/mol. The zero-order valence-corrected chi connectivity index (χ0v) is 11.5. The minimum absolute atomic E-state index is 0.596. The summed E-state index contributed by atoms with van der Waals surface area (Å²) in [6.45, 7) is 4.99. The molecule has 3 heterocycles. The van der Waals surface area contributed by atoms with Crippen LogP contribution in [0.15, 0.2) is 29.8 Å². The number of anilines is 2. The zero-order valence-electron chi connectivity index (χ0n) is 10.7. The fourth-order valence-electron chi connectivity index (χ4n) is 2.28. The lowest BCUT2D eigenvalue weighted by molar-refractivity contribution is 0.247. The van der Waals surface area contributed by atoms with Crippen LogP contribution in [0.3, 0.4) is 0 Å². The number of aromatic nitrogens is 2. The van der Waals surface area contributed by atoms with Gasteiger partial charge in [0, 0.05) is 44.3 Å². The standard InChI is InChI=1S/C13H17N5S/c14-12-3-1-2-11(16-12)10-17-5-7-18(8-6-17)13-15-4-9-19-13/h1-4,9H,5-8,10H2,(H2,14,16). The largest absolute Gasteiger partial charge is 0.384 e. The molecular weight excluding hydrogens is 258 g/mol. The first-order valence-corrected chi connectivity index (χ1v) is 7.27. The quantitative estimate of drug-likeness (QED) is 0.918. The summed E-state index contributed by atoms with van der Waals surface area (Å²) >= 11 is 1.70. The molecule has 1 aliphatic rings. The Kier molecular flexibility index (Phi) is 3.61. The lowest BCUT2D eigenvalue weighted by Gasteiger charge is -2.34. The molecule has 2 N–H and O–H groups in total. The molecule has 1 fully saturated rings. The molecule has 2 aromatic heterocycles. The van der Waals surface area contributed by atoms with Crippen LogP contribution < -0.4 is 10.6 Å². The smallest absolute Gasteiger partial charge is 0.185 e. The number of pyridine rings is 1. The van der Waals surface area contributed by atoms with Gasteiger partial charge < -0.3 is 10.6 Å². The Bertz CT molecular complexity index is 520. The van der Waals surface area contributed by atoms with Gasteiger partial charge in [0.15, 0.2) is 5.13 Å². The maximum atomic E-state index is 5.71. The summed E-state index contributed by atoms with van der Waals surface area (Å²) in [6.07, 6.45) is 1.86. The van der Waals surface area contributed by atoms with Crippen LogP contribution in [-0.4, -0.2) is 41.0 Å². The van der Waals surface area contributed by atoms with Crippen LogP contribution in [0.5, 0.6) is 0 Å². The third kappa shape index (κ3) is 3.02. The Hall–Kier alpha value is -1.66. The molecule has 0 spiro atoms. The molecular formula is C13H17N5S. The van der Waals surface area contributed by atoms with E-state index in [1.54, 1.807) is 11.3 Å². The molecule has 0 saturated carbocycles. The Morgan fingerprint density at radius 3 is 2.74 bits per heavy atom. The van der Waals surface area contributed by atoms with Crippen molar-refractivity contribution in [2.24, 2.45) is 0 Å². The van der Waals surface area contributed by atoms with E-state index < -0.39 is 0 Å². The van der Waals surface area contributed by atoms with Crippen molar-refractivity contribution < 1.29 is 0 Å². The Labute approximate surface area is 116 Å². The van der Waals surface area contributed by atoms with E-state index in [1.165, 1.54) is 0 Å². The summed E-state index contributed by atoms with van der Waals surface area (Å²) in [5.74, 6) is 0.596. The molecule has 6 heteroatoms. The lowest BCUT2D eigenvalue weighted by Crippen LogP contribution is -2.46. The number of piperazine rings is 1. The number of hydrogen-bond donors (Lipinski definition) is 1. The highest BCUT2D eigenvalue weighted by Gasteiger charge is 2.18. The zero-order chi connectivity index (χ0) is 13.1. The van der Waals surface area contributed by atoms with Gasteiger partial charge in [-0.2, -0.15) is 0 Å². The van der Waals surface area contributed by atoms with Gasteiger partial charge in [-0.25, -0.2) is 9.97 Å². The van der Waals surface area contributed by atoms with Crippen LogP contribution in [0.2, 0.25) is 0 Å². The van der Waals surface area contributed by atoms with Gasteiger partial charge in [-0.1, -0.05) is 6.07 Å². The second kappa shape index (κ2) is 5.54. The van der Waals surface area contributed by atoms with Gasteiger partial charge >= 0.3 is 0 Å². The van der Waals surface area contributed by atoms with Gasteiger partial charge in [-0.05, 0) is 12.1 Å². The van der Waals surface area contributed by atoms with E-state index in [1.807, 2.05) is 29.8 Å². The summed E-state index contributed by atoms with van der Waals surface area (Å²) < 4.78 is 0. The molecule has 0 unspecified atom stereocenters. The van der Waals surface area contributed by atoms with E-state index in [4.69, 9.17) is 5.73 Å². The molecule has 3 rings (SSSR count). The van der Waals surface area contributed by atoms with Gasteiger partial charge in [-0.15, -0.1) is 11.3 Å². The minimum Gasteiger partial charge on any atom is -0.384 e. The number of nitrogens with zero attached hydrogens (tertiary/aromatic N) is 4. The summed E-state index contributed by atoms with van der Waals surface area (Å²) in [6, 6.07) is 5.82. The van der Waals surface area contributed by atoms with Gasteiger partial charge in [0.25, 0.3) is 0 Å². The number of nitrogen functional groups attached to an aromatic ring is 1. The van der Waals surface area contributed by atoms with Crippen molar-refractivity contribution >= 4 is 22.3 Å². The second-order valence-corrected chi connectivity index (χ2v) is 5.50. The van der Waals surface area contributed by atoms with Crippen LogP contribution in [0.1, 0.15) is 5.69 Å².